The van der Waals surface area contributed by atoms with Crippen molar-refractivity contribution in [3.63, 3.8) is 0 Å². The van der Waals surface area contributed by atoms with E-state index < -0.39 is 0 Å². The number of aromatic nitrogens is 2. The Morgan fingerprint density at radius 3 is 3.10 bits per heavy atom. The van der Waals surface area contributed by atoms with Gasteiger partial charge < -0.3 is 11.1 Å². The predicted octanol–water partition coefficient (Wildman–Crippen LogP) is 2.74. The van der Waals surface area contributed by atoms with Gasteiger partial charge in [-0.2, -0.15) is 0 Å². The van der Waals surface area contributed by atoms with Crippen LogP contribution in [0.1, 0.15) is 32.6 Å². The number of nitrogens with two attached hydrogens (primary N) is 1. The van der Waals surface area contributed by atoms with Gasteiger partial charge in [0.05, 0.1) is 10.9 Å². The lowest BCUT2D eigenvalue weighted by Crippen LogP contribution is -2.23. The maximum atomic E-state index is 12.1. The Balaban J connectivity index is 1.75. The van der Waals surface area contributed by atoms with Crippen molar-refractivity contribution in [2.24, 2.45) is 11.8 Å². The van der Waals surface area contributed by atoms with Crippen molar-refractivity contribution in [2.75, 3.05) is 17.6 Å². The van der Waals surface area contributed by atoms with E-state index in [-0.39, 0.29) is 5.56 Å². The molecule has 1 aliphatic rings. The first kappa shape index (κ1) is 13.9. The van der Waals surface area contributed by atoms with Crippen molar-refractivity contribution in [1.29, 1.82) is 0 Å². The molecule has 2 atom stereocenters. The number of anilines is 2. The number of fused-ring (bicyclic) bond motifs is 1. The summed E-state index contributed by atoms with van der Waals surface area (Å²) in [5.74, 6) is 2.02. The minimum absolute atomic E-state index is 0.146. The molecule has 0 bridgehead atoms. The Labute approximate surface area is 124 Å². The van der Waals surface area contributed by atoms with Crippen LogP contribution in [0.2, 0.25) is 0 Å². The van der Waals surface area contributed by atoms with Gasteiger partial charge in [0, 0.05) is 12.2 Å². The van der Waals surface area contributed by atoms with Gasteiger partial charge in [0.1, 0.15) is 0 Å². The zero-order chi connectivity index (χ0) is 14.8. The van der Waals surface area contributed by atoms with Gasteiger partial charge in [-0.05, 0) is 42.9 Å². The second-order valence-corrected chi connectivity index (χ2v) is 6.21. The van der Waals surface area contributed by atoms with Gasteiger partial charge in [0.2, 0.25) is 5.95 Å². The number of nitrogens with one attached hydrogen (secondary N) is 2. The summed E-state index contributed by atoms with van der Waals surface area (Å²) in [6.07, 6.45) is 5.14. The molecular weight excluding hydrogens is 264 g/mol. The maximum absolute atomic E-state index is 12.1. The Morgan fingerprint density at radius 2 is 2.29 bits per heavy atom. The van der Waals surface area contributed by atoms with Crippen molar-refractivity contribution in [2.45, 2.75) is 32.6 Å². The number of benzene rings is 1. The van der Waals surface area contributed by atoms with Crippen LogP contribution in [0.3, 0.4) is 0 Å². The molecule has 21 heavy (non-hydrogen) atoms. The van der Waals surface area contributed by atoms with E-state index in [2.05, 4.69) is 22.2 Å². The zero-order valence-electron chi connectivity index (χ0n) is 12.4. The van der Waals surface area contributed by atoms with Gasteiger partial charge in [0.25, 0.3) is 5.56 Å². The number of hydrogen-bond acceptors (Lipinski definition) is 4. The van der Waals surface area contributed by atoms with Gasteiger partial charge in [-0.25, -0.2) is 4.98 Å². The molecule has 112 valence electrons. The Bertz CT molecular complexity index is 694. The number of nitrogens with zero attached hydrogens (tertiary/aromatic N) is 1. The van der Waals surface area contributed by atoms with E-state index in [0.717, 1.165) is 12.5 Å². The maximum Gasteiger partial charge on any atom is 0.260 e. The number of hydrogen-bond donors (Lipinski definition) is 3. The van der Waals surface area contributed by atoms with E-state index in [1.54, 1.807) is 18.2 Å². The van der Waals surface area contributed by atoms with Crippen LogP contribution in [0.25, 0.3) is 10.9 Å². The molecular formula is C16H22N4O. The molecule has 3 rings (SSSR count). The second-order valence-electron chi connectivity index (χ2n) is 6.21. The summed E-state index contributed by atoms with van der Waals surface area (Å²) in [6.45, 7) is 3.18. The molecule has 1 saturated carbocycles. The number of rotatable bonds is 3. The third-order valence-corrected chi connectivity index (χ3v) is 4.33. The molecule has 0 aliphatic heterocycles. The van der Waals surface area contributed by atoms with Gasteiger partial charge in [-0.1, -0.05) is 19.8 Å². The molecule has 5 heteroatoms. The monoisotopic (exact) mass is 286 g/mol. The van der Waals surface area contributed by atoms with Gasteiger partial charge in [-0.3, -0.25) is 9.78 Å². The van der Waals surface area contributed by atoms with E-state index in [9.17, 15) is 4.79 Å². The number of nitrogen functional groups attached to an aromatic ring is 1. The molecule has 0 radical (unpaired) electrons. The number of aromatic amines is 1. The smallest absolute Gasteiger partial charge is 0.260 e. The fourth-order valence-electron chi connectivity index (χ4n) is 3.23. The van der Waals surface area contributed by atoms with E-state index in [1.807, 2.05) is 0 Å². The summed E-state index contributed by atoms with van der Waals surface area (Å²) < 4.78 is 0. The van der Waals surface area contributed by atoms with Crippen molar-refractivity contribution in [3.05, 3.63) is 28.6 Å². The van der Waals surface area contributed by atoms with Crippen LogP contribution < -0.4 is 16.6 Å². The predicted molar refractivity (Wildman–Crippen MR) is 86.4 cm³/mol. The highest BCUT2D eigenvalue weighted by atomic mass is 16.1. The first-order chi connectivity index (χ1) is 10.1. The first-order valence-corrected chi connectivity index (χ1v) is 7.65. The van der Waals surface area contributed by atoms with E-state index in [1.165, 1.54) is 25.7 Å². The van der Waals surface area contributed by atoms with Crippen LogP contribution in [-0.2, 0) is 0 Å². The highest BCUT2D eigenvalue weighted by molar-refractivity contribution is 5.81. The van der Waals surface area contributed by atoms with Crippen LogP contribution in [-0.4, -0.2) is 16.5 Å². The van der Waals surface area contributed by atoms with Crippen LogP contribution in [0.4, 0.5) is 11.6 Å². The van der Waals surface area contributed by atoms with Crippen LogP contribution in [0.15, 0.2) is 23.0 Å². The minimum Gasteiger partial charge on any atom is -0.399 e. The Kier molecular flexibility index (Phi) is 3.82. The lowest BCUT2D eigenvalue weighted by molar-refractivity contribution is 0.293. The molecule has 0 spiro atoms. The van der Waals surface area contributed by atoms with Crippen LogP contribution >= 0.6 is 0 Å². The summed E-state index contributed by atoms with van der Waals surface area (Å²) in [4.78, 5) is 19.3. The lowest BCUT2D eigenvalue weighted by Gasteiger charge is -2.26. The molecule has 0 amide bonds. The fraction of sp³-hybridized carbons (Fsp3) is 0.500. The summed E-state index contributed by atoms with van der Waals surface area (Å²) in [6, 6.07) is 5.21. The van der Waals surface area contributed by atoms with Gasteiger partial charge in [0.15, 0.2) is 0 Å². The molecule has 5 nitrogen and oxygen atoms in total. The summed E-state index contributed by atoms with van der Waals surface area (Å²) in [5, 5.41) is 3.82. The lowest BCUT2D eigenvalue weighted by atomic mass is 9.82. The highest BCUT2D eigenvalue weighted by Gasteiger charge is 2.18. The van der Waals surface area contributed by atoms with Crippen molar-refractivity contribution in [1.82, 2.24) is 9.97 Å². The molecule has 1 aromatic heterocycles. The topological polar surface area (TPSA) is 83.8 Å². The Morgan fingerprint density at radius 1 is 1.43 bits per heavy atom. The second kappa shape index (κ2) is 5.76. The van der Waals surface area contributed by atoms with E-state index in [0.29, 0.717) is 28.5 Å². The first-order valence-electron chi connectivity index (χ1n) is 7.65. The normalized spacial score (nSPS) is 22.3. The number of H-pyrrole nitrogens is 1. The zero-order valence-corrected chi connectivity index (χ0v) is 12.4. The summed E-state index contributed by atoms with van der Waals surface area (Å²) in [7, 11) is 0. The van der Waals surface area contributed by atoms with Gasteiger partial charge in [-0.15, -0.1) is 0 Å². The molecule has 2 aromatic rings. The third-order valence-electron chi connectivity index (χ3n) is 4.33. The Hall–Kier alpha value is -2.04. The van der Waals surface area contributed by atoms with Crippen molar-refractivity contribution < 1.29 is 0 Å². The SMILES string of the molecule is CC1CCCC(CNc2nc3ccc(N)cc3c(=O)[nH]2)C1. The van der Waals surface area contributed by atoms with Crippen LogP contribution in [0.5, 0.6) is 0 Å². The van der Waals surface area contributed by atoms with E-state index in [4.69, 9.17) is 5.73 Å². The molecule has 1 aromatic carbocycles. The average molecular weight is 286 g/mol. The molecule has 0 saturated heterocycles. The minimum atomic E-state index is -0.146. The van der Waals surface area contributed by atoms with Gasteiger partial charge >= 0.3 is 0 Å². The average Bonchev–Trinajstić information content (AvgIpc) is 2.46. The summed E-state index contributed by atoms with van der Waals surface area (Å²) in [5.41, 5.74) is 6.81. The largest absolute Gasteiger partial charge is 0.399 e. The fourth-order valence-corrected chi connectivity index (χ4v) is 3.23. The molecule has 1 heterocycles. The highest BCUT2D eigenvalue weighted by Crippen LogP contribution is 2.28. The standard InChI is InChI=1S/C16H22N4O/c1-10-3-2-4-11(7-10)9-18-16-19-14-6-5-12(17)8-13(14)15(21)20-16/h5-6,8,10-11H,2-4,7,9,17H2,1H3,(H2,18,19,20,21). The molecule has 2 unspecified atom stereocenters. The third kappa shape index (κ3) is 3.17. The van der Waals surface area contributed by atoms with E-state index >= 15 is 0 Å². The molecule has 1 fully saturated rings. The van der Waals surface area contributed by atoms with Crippen molar-refractivity contribution >= 4 is 22.5 Å². The molecule has 4 N–H and O–H groups in total. The van der Waals surface area contributed by atoms with Crippen molar-refractivity contribution in [3.8, 4) is 0 Å². The van der Waals surface area contributed by atoms with Crippen LogP contribution in [0, 0.1) is 11.8 Å². The quantitative estimate of drug-likeness (QED) is 0.757. The summed E-state index contributed by atoms with van der Waals surface area (Å²) >= 11 is 0. The molecule has 1 aliphatic carbocycles.